The highest BCUT2D eigenvalue weighted by Crippen LogP contribution is 2.18. The minimum Gasteiger partial charge on any atom is -0.484 e. The van der Waals surface area contributed by atoms with Crippen LogP contribution >= 0.6 is 0 Å². The van der Waals surface area contributed by atoms with Crippen molar-refractivity contribution in [3.8, 4) is 5.75 Å². The summed E-state index contributed by atoms with van der Waals surface area (Å²) in [5.41, 5.74) is 0.526. The predicted octanol–water partition coefficient (Wildman–Crippen LogP) is 1.28. The Morgan fingerprint density at radius 1 is 1.36 bits per heavy atom. The molecular weight excluding hydrogens is 334 g/mol. The third kappa shape index (κ3) is 4.11. The molecule has 1 aromatic carbocycles. The van der Waals surface area contributed by atoms with Gasteiger partial charge >= 0.3 is 0 Å². The number of benzene rings is 1. The van der Waals surface area contributed by atoms with Crippen molar-refractivity contribution in [3.63, 3.8) is 0 Å². The lowest BCUT2D eigenvalue weighted by Gasteiger charge is -2.22. The maximum Gasteiger partial charge on any atom is 0.272 e. The van der Waals surface area contributed by atoms with Gasteiger partial charge in [0.2, 0.25) is 5.91 Å². The van der Waals surface area contributed by atoms with Crippen LogP contribution in [-0.2, 0) is 11.4 Å². The Balaban J connectivity index is 1.58. The van der Waals surface area contributed by atoms with Gasteiger partial charge in [0.15, 0.2) is 11.6 Å². The number of rotatable bonds is 5. The number of hydrogen-bond acceptors (Lipinski definition) is 4. The van der Waals surface area contributed by atoms with Gasteiger partial charge < -0.3 is 15.4 Å². The minimum atomic E-state index is -0.819. The Morgan fingerprint density at radius 2 is 2.20 bits per heavy atom. The number of piperidine rings is 1. The lowest BCUT2D eigenvalue weighted by Crippen LogP contribution is -2.50. The first-order valence-electron chi connectivity index (χ1n) is 7.73. The highest BCUT2D eigenvalue weighted by atomic mass is 19.1. The summed E-state index contributed by atoms with van der Waals surface area (Å²) in [6.07, 6.45) is 1.36. The Kier molecular flexibility index (Phi) is 4.92. The predicted molar refractivity (Wildman–Crippen MR) is 82.8 cm³/mol. The van der Waals surface area contributed by atoms with Crippen molar-refractivity contribution in [1.82, 2.24) is 20.8 Å². The van der Waals surface area contributed by atoms with Crippen molar-refractivity contribution in [3.05, 3.63) is 47.3 Å². The molecule has 0 aliphatic carbocycles. The van der Waals surface area contributed by atoms with Gasteiger partial charge in [0.25, 0.3) is 5.91 Å². The van der Waals surface area contributed by atoms with Gasteiger partial charge in [-0.25, -0.2) is 8.78 Å². The van der Waals surface area contributed by atoms with Crippen molar-refractivity contribution >= 4 is 11.8 Å². The molecule has 2 heterocycles. The molecule has 132 valence electrons. The van der Waals surface area contributed by atoms with E-state index in [1.807, 2.05) is 0 Å². The second-order valence-electron chi connectivity index (χ2n) is 5.60. The minimum absolute atomic E-state index is 0.0766. The summed E-state index contributed by atoms with van der Waals surface area (Å²) in [7, 11) is 0. The molecule has 1 aliphatic rings. The number of nitrogens with one attached hydrogen (secondary N) is 3. The molecule has 0 radical (unpaired) electrons. The Labute approximate surface area is 141 Å². The molecule has 1 aromatic heterocycles. The molecule has 1 unspecified atom stereocenters. The van der Waals surface area contributed by atoms with E-state index in [1.165, 1.54) is 12.1 Å². The van der Waals surface area contributed by atoms with Gasteiger partial charge in [-0.15, -0.1) is 0 Å². The smallest absolute Gasteiger partial charge is 0.272 e. The fourth-order valence-electron chi connectivity index (χ4n) is 2.44. The van der Waals surface area contributed by atoms with E-state index in [1.54, 1.807) is 0 Å². The lowest BCUT2D eigenvalue weighted by molar-refractivity contribution is -0.124. The number of aromatic amines is 1. The summed E-state index contributed by atoms with van der Waals surface area (Å²) in [5.74, 6) is -2.33. The van der Waals surface area contributed by atoms with Crippen LogP contribution in [0.1, 0.15) is 29.0 Å². The SMILES string of the molecule is O=C(NC1CCCNC1=O)c1cc(COc2ccc(F)cc2F)[nH]n1. The molecule has 1 aliphatic heterocycles. The zero-order valence-electron chi connectivity index (χ0n) is 13.1. The van der Waals surface area contributed by atoms with Gasteiger partial charge in [0.05, 0.1) is 5.69 Å². The van der Waals surface area contributed by atoms with Gasteiger partial charge in [-0.1, -0.05) is 0 Å². The first-order chi connectivity index (χ1) is 12.0. The van der Waals surface area contributed by atoms with Crippen LogP contribution in [0, 0.1) is 11.6 Å². The Hall–Kier alpha value is -2.97. The van der Waals surface area contributed by atoms with Crippen molar-refractivity contribution in [2.75, 3.05) is 6.54 Å². The molecule has 1 saturated heterocycles. The number of hydrogen-bond donors (Lipinski definition) is 3. The molecule has 0 spiro atoms. The van der Waals surface area contributed by atoms with E-state index in [2.05, 4.69) is 20.8 Å². The Morgan fingerprint density at radius 3 is 2.96 bits per heavy atom. The molecule has 3 rings (SSSR count). The van der Waals surface area contributed by atoms with Gasteiger partial charge in [-0.2, -0.15) is 5.10 Å². The quantitative estimate of drug-likeness (QED) is 0.757. The van der Waals surface area contributed by atoms with Crippen LogP contribution in [0.2, 0.25) is 0 Å². The van der Waals surface area contributed by atoms with Crippen molar-refractivity contribution in [2.24, 2.45) is 0 Å². The molecule has 3 N–H and O–H groups in total. The van der Waals surface area contributed by atoms with E-state index >= 15 is 0 Å². The number of carbonyl (C=O) groups excluding carboxylic acids is 2. The Bertz CT molecular complexity index is 793. The number of aromatic nitrogens is 2. The van der Waals surface area contributed by atoms with E-state index < -0.39 is 23.6 Å². The van der Waals surface area contributed by atoms with Crippen molar-refractivity contribution in [2.45, 2.75) is 25.5 Å². The summed E-state index contributed by atoms with van der Waals surface area (Å²) in [6, 6.07) is 3.84. The zero-order valence-corrected chi connectivity index (χ0v) is 13.1. The largest absolute Gasteiger partial charge is 0.484 e. The fourth-order valence-corrected chi connectivity index (χ4v) is 2.44. The topological polar surface area (TPSA) is 96.1 Å². The van der Waals surface area contributed by atoms with Crippen LogP contribution in [0.3, 0.4) is 0 Å². The molecule has 2 aromatic rings. The van der Waals surface area contributed by atoms with E-state index in [4.69, 9.17) is 4.74 Å². The van der Waals surface area contributed by atoms with Crippen LogP contribution in [0.5, 0.6) is 5.75 Å². The maximum atomic E-state index is 13.5. The monoisotopic (exact) mass is 350 g/mol. The number of ether oxygens (including phenoxy) is 1. The zero-order chi connectivity index (χ0) is 17.8. The first kappa shape index (κ1) is 16.9. The molecule has 0 saturated carbocycles. The fraction of sp³-hybridized carbons (Fsp3) is 0.312. The van der Waals surface area contributed by atoms with E-state index in [-0.39, 0.29) is 24.0 Å². The number of H-pyrrole nitrogens is 1. The molecular formula is C16H16F2N4O3. The summed E-state index contributed by atoms with van der Waals surface area (Å²) in [6.45, 7) is 0.530. The number of nitrogens with zero attached hydrogens (tertiary/aromatic N) is 1. The van der Waals surface area contributed by atoms with Gasteiger partial charge in [-0.3, -0.25) is 14.7 Å². The molecule has 7 nitrogen and oxygen atoms in total. The molecule has 25 heavy (non-hydrogen) atoms. The van der Waals surface area contributed by atoms with E-state index in [0.29, 0.717) is 18.7 Å². The summed E-state index contributed by atoms with van der Waals surface area (Å²) in [4.78, 5) is 23.8. The van der Waals surface area contributed by atoms with Crippen LogP contribution in [0.25, 0.3) is 0 Å². The second-order valence-corrected chi connectivity index (χ2v) is 5.60. The van der Waals surface area contributed by atoms with Crippen LogP contribution in [0.15, 0.2) is 24.3 Å². The summed E-state index contributed by atoms with van der Waals surface area (Å²) < 4.78 is 31.6. The highest BCUT2D eigenvalue weighted by molar-refractivity contribution is 5.96. The lowest BCUT2D eigenvalue weighted by atomic mass is 10.1. The molecule has 1 atom stereocenters. The summed E-state index contributed by atoms with van der Waals surface area (Å²) >= 11 is 0. The van der Waals surface area contributed by atoms with Gasteiger partial charge in [-0.05, 0) is 31.0 Å². The number of carbonyl (C=O) groups is 2. The standard InChI is InChI=1S/C16H16F2N4O3/c17-9-3-4-14(11(18)6-9)25-8-10-7-13(22-21-10)16(24)20-12-2-1-5-19-15(12)23/h3-4,6-7,12H,1-2,5,8H2,(H,19,23)(H,20,24)(H,21,22). The third-order valence-corrected chi connectivity index (χ3v) is 3.73. The maximum absolute atomic E-state index is 13.5. The average Bonchev–Trinajstić information content (AvgIpc) is 3.05. The average molecular weight is 350 g/mol. The van der Waals surface area contributed by atoms with E-state index in [9.17, 15) is 18.4 Å². The molecule has 2 amide bonds. The van der Waals surface area contributed by atoms with Crippen LogP contribution in [0.4, 0.5) is 8.78 Å². The highest BCUT2D eigenvalue weighted by Gasteiger charge is 2.24. The first-order valence-corrected chi connectivity index (χ1v) is 7.73. The third-order valence-electron chi connectivity index (χ3n) is 3.73. The number of halogens is 2. The van der Waals surface area contributed by atoms with Gasteiger partial charge in [0, 0.05) is 12.6 Å². The van der Waals surface area contributed by atoms with Crippen molar-refractivity contribution in [1.29, 1.82) is 0 Å². The molecule has 1 fully saturated rings. The van der Waals surface area contributed by atoms with E-state index in [0.717, 1.165) is 18.6 Å². The van der Waals surface area contributed by atoms with Gasteiger partial charge in [0.1, 0.15) is 24.2 Å². The van der Waals surface area contributed by atoms with Crippen LogP contribution < -0.4 is 15.4 Å². The molecule has 9 heteroatoms. The summed E-state index contributed by atoms with van der Waals surface area (Å²) in [5, 5.41) is 11.7. The number of amides is 2. The van der Waals surface area contributed by atoms with Crippen molar-refractivity contribution < 1.29 is 23.1 Å². The van der Waals surface area contributed by atoms with Crippen LogP contribution in [-0.4, -0.2) is 34.6 Å². The molecule has 0 bridgehead atoms. The normalized spacial score (nSPS) is 17.0. The second kappa shape index (κ2) is 7.29.